The van der Waals surface area contributed by atoms with Crippen LogP contribution in [0.15, 0.2) is 48.5 Å². The molecule has 0 spiro atoms. The molecular formula is C18H18N2O2. The van der Waals surface area contributed by atoms with Crippen molar-refractivity contribution in [1.29, 1.82) is 0 Å². The minimum Gasteiger partial charge on any atom is -0.481 e. The van der Waals surface area contributed by atoms with Gasteiger partial charge in [-0.25, -0.2) is 4.98 Å². The third kappa shape index (κ3) is 3.52. The molecular weight excluding hydrogens is 276 g/mol. The lowest BCUT2D eigenvalue weighted by molar-refractivity contribution is -0.137. The van der Waals surface area contributed by atoms with Crippen LogP contribution in [0.1, 0.15) is 29.8 Å². The summed E-state index contributed by atoms with van der Waals surface area (Å²) in [5.41, 5.74) is 4.33. The second-order valence-corrected chi connectivity index (χ2v) is 5.44. The first-order valence-corrected chi connectivity index (χ1v) is 7.44. The predicted molar refractivity (Wildman–Crippen MR) is 85.9 cm³/mol. The van der Waals surface area contributed by atoms with Crippen molar-refractivity contribution >= 4 is 17.0 Å². The first-order valence-electron chi connectivity index (χ1n) is 7.44. The Morgan fingerprint density at radius 3 is 2.68 bits per heavy atom. The number of fused-ring (bicyclic) bond motifs is 1. The lowest BCUT2D eigenvalue weighted by Crippen LogP contribution is -1.95. The Balaban J connectivity index is 1.74. The number of aryl methyl sites for hydroxylation is 1. The maximum Gasteiger partial charge on any atom is 0.303 e. The number of aromatic amines is 1. The highest BCUT2D eigenvalue weighted by atomic mass is 16.4. The van der Waals surface area contributed by atoms with E-state index in [2.05, 4.69) is 28.2 Å². The molecule has 0 fully saturated rings. The highest BCUT2D eigenvalue weighted by molar-refractivity contribution is 5.76. The molecule has 22 heavy (non-hydrogen) atoms. The van der Waals surface area contributed by atoms with Crippen LogP contribution in [0, 0.1) is 0 Å². The van der Waals surface area contributed by atoms with E-state index in [1.165, 1.54) is 5.56 Å². The highest BCUT2D eigenvalue weighted by Gasteiger charge is 2.05. The van der Waals surface area contributed by atoms with Crippen LogP contribution in [0.5, 0.6) is 0 Å². The Labute approximate surface area is 128 Å². The molecule has 0 aliphatic rings. The molecule has 0 saturated heterocycles. The fourth-order valence-electron chi connectivity index (χ4n) is 2.58. The summed E-state index contributed by atoms with van der Waals surface area (Å²) in [6, 6.07) is 16.3. The Morgan fingerprint density at radius 2 is 1.91 bits per heavy atom. The van der Waals surface area contributed by atoms with E-state index >= 15 is 0 Å². The summed E-state index contributed by atoms with van der Waals surface area (Å²) in [5, 5.41) is 8.69. The van der Waals surface area contributed by atoms with Crippen molar-refractivity contribution in [2.75, 3.05) is 0 Å². The van der Waals surface area contributed by atoms with Gasteiger partial charge in [0.2, 0.25) is 0 Å². The van der Waals surface area contributed by atoms with Crippen LogP contribution in [-0.4, -0.2) is 21.0 Å². The zero-order valence-electron chi connectivity index (χ0n) is 12.2. The Morgan fingerprint density at radius 1 is 1.09 bits per heavy atom. The molecule has 4 heteroatoms. The van der Waals surface area contributed by atoms with Gasteiger partial charge in [-0.3, -0.25) is 4.79 Å². The van der Waals surface area contributed by atoms with Crippen molar-refractivity contribution in [3.63, 3.8) is 0 Å². The van der Waals surface area contributed by atoms with Crippen LogP contribution in [0.2, 0.25) is 0 Å². The number of aromatic nitrogens is 2. The summed E-state index contributed by atoms with van der Waals surface area (Å²) in [4.78, 5) is 18.5. The van der Waals surface area contributed by atoms with E-state index in [-0.39, 0.29) is 6.42 Å². The lowest BCUT2D eigenvalue weighted by Gasteiger charge is -1.99. The monoisotopic (exact) mass is 294 g/mol. The number of benzene rings is 2. The molecule has 2 N–H and O–H groups in total. The number of hydrogen-bond donors (Lipinski definition) is 2. The maximum atomic E-state index is 10.6. The standard InChI is InChI=1S/C18H18N2O2/c21-18(22)8-4-7-14-9-10-15-16(11-14)20-17(19-15)12-13-5-2-1-3-6-13/h1-3,5-6,9-11H,4,7-8,12H2,(H,19,20)(H,21,22). The molecule has 0 amide bonds. The fourth-order valence-corrected chi connectivity index (χ4v) is 2.58. The summed E-state index contributed by atoms with van der Waals surface area (Å²) in [6.45, 7) is 0. The topological polar surface area (TPSA) is 66.0 Å². The van der Waals surface area contributed by atoms with E-state index in [0.29, 0.717) is 6.42 Å². The van der Waals surface area contributed by atoms with Crippen molar-refractivity contribution in [2.24, 2.45) is 0 Å². The Hall–Kier alpha value is -2.62. The maximum absolute atomic E-state index is 10.6. The molecule has 1 aromatic heterocycles. The highest BCUT2D eigenvalue weighted by Crippen LogP contribution is 2.17. The average molecular weight is 294 g/mol. The molecule has 4 nitrogen and oxygen atoms in total. The number of carboxylic acids is 1. The molecule has 0 aliphatic heterocycles. The molecule has 0 radical (unpaired) electrons. The number of hydrogen-bond acceptors (Lipinski definition) is 2. The largest absolute Gasteiger partial charge is 0.481 e. The van der Waals surface area contributed by atoms with Crippen LogP contribution in [0.25, 0.3) is 11.0 Å². The van der Waals surface area contributed by atoms with Gasteiger partial charge >= 0.3 is 5.97 Å². The third-order valence-corrected chi connectivity index (χ3v) is 3.67. The summed E-state index contributed by atoms with van der Waals surface area (Å²) in [5.74, 6) is 0.205. The number of H-pyrrole nitrogens is 1. The van der Waals surface area contributed by atoms with Gasteiger partial charge < -0.3 is 10.1 Å². The number of aliphatic carboxylic acids is 1. The minimum atomic E-state index is -0.743. The zero-order chi connectivity index (χ0) is 15.4. The number of nitrogens with one attached hydrogen (secondary N) is 1. The molecule has 0 aliphatic carbocycles. The molecule has 1 heterocycles. The number of carboxylic acid groups (broad SMARTS) is 1. The van der Waals surface area contributed by atoms with Gasteiger partial charge in [-0.15, -0.1) is 0 Å². The number of nitrogens with zero attached hydrogens (tertiary/aromatic N) is 1. The molecule has 112 valence electrons. The van der Waals surface area contributed by atoms with Crippen molar-refractivity contribution in [3.8, 4) is 0 Å². The SMILES string of the molecule is O=C(O)CCCc1ccc2nc(Cc3ccccc3)[nH]c2c1. The van der Waals surface area contributed by atoms with Crippen LogP contribution in [0.3, 0.4) is 0 Å². The molecule has 0 unspecified atom stereocenters. The smallest absolute Gasteiger partial charge is 0.303 e. The minimum absolute atomic E-state index is 0.209. The van der Waals surface area contributed by atoms with Crippen LogP contribution in [0.4, 0.5) is 0 Å². The van der Waals surface area contributed by atoms with Crippen molar-refractivity contribution in [2.45, 2.75) is 25.7 Å². The molecule has 0 saturated carbocycles. The number of imidazole rings is 1. The van der Waals surface area contributed by atoms with E-state index in [4.69, 9.17) is 5.11 Å². The van der Waals surface area contributed by atoms with E-state index < -0.39 is 5.97 Å². The third-order valence-electron chi connectivity index (χ3n) is 3.67. The van der Waals surface area contributed by atoms with Crippen LogP contribution >= 0.6 is 0 Å². The Kier molecular flexibility index (Phi) is 4.19. The van der Waals surface area contributed by atoms with Gasteiger partial charge in [0, 0.05) is 12.8 Å². The fraction of sp³-hybridized carbons (Fsp3) is 0.222. The lowest BCUT2D eigenvalue weighted by atomic mass is 10.1. The van der Waals surface area contributed by atoms with Gasteiger partial charge in [-0.1, -0.05) is 36.4 Å². The second-order valence-electron chi connectivity index (χ2n) is 5.44. The van der Waals surface area contributed by atoms with E-state index in [1.54, 1.807) is 0 Å². The average Bonchev–Trinajstić information content (AvgIpc) is 2.89. The Bertz CT molecular complexity index is 778. The van der Waals surface area contributed by atoms with Gasteiger partial charge in [0.25, 0.3) is 0 Å². The van der Waals surface area contributed by atoms with E-state index in [9.17, 15) is 4.79 Å². The van der Waals surface area contributed by atoms with E-state index in [0.717, 1.165) is 35.3 Å². The molecule has 0 bridgehead atoms. The summed E-state index contributed by atoms with van der Waals surface area (Å²) < 4.78 is 0. The quantitative estimate of drug-likeness (QED) is 0.730. The van der Waals surface area contributed by atoms with Crippen LogP contribution < -0.4 is 0 Å². The molecule has 3 rings (SSSR count). The number of carbonyl (C=O) groups is 1. The van der Waals surface area contributed by atoms with Gasteiger partial charge in [0.05, 0.1) is 11.0 Å². The molecule has 2 aromatic carbocycles. The van der Waals surface area contributed by atoms with Crippen molar-refractivity contribution in [3.05, 3.63) is 65.5 Å². The predicted octanol–water partition coefficient (Wildman–Crippen LogP) is 3.56. The zero-order valence-corrected chi connectivity index (χ0v) is 12.2. The number of rotatable bonds is 6. The van der Waals surface area contributed by atoms with Crippen LogP contribution in [-0.2, 0) is 17.6 Å². The van der Waals surface area contributed by atoms with E-state index in [1.807, 2.05) is 30.3 Å². The first kappa shape index (κ1) is 14.3. The molecule has 0 atom stereocenters. The summed E-state index contributed by atoms with van der Waals surface area (Å²) in [7, 11) is 0. The van der Waals surface area contributed by atoms with Crippen molar-refractivity contribution in [1.82, 2.24) is 9.97 Å². The first-order chi connectivity index (χ1) is 10.7. The summed E-state index contributed by atoms with van der Waals surface area (Å²) >= 11 is 0. The van der Waals surface area contributed by atoms with Gasteiger partial charge in [-0.2, -0.15) is 0 Å². The second kappa shape index (κ2) is 6.43. The summed E-state index contributed by atoms with van der Waals surface area (Å²) in [6.07, 6.45) is 2.42. The van der Waals surface area contributed by atoms with Gasteiger partial charge in [0.1, 0.15) is 5.82 Å². The van der Waals surface area contributed by atoms with Crippen molar-refractivity contribution < 1.29 is 9.90 Å². The van der Waals surface area contributed by atoms with Gasteiger partial charge in [-0.05, 0) is 36.1 Å². The normalized spacial score (nSPS) is 10.9. The van der Waals surface area contributed by atoms with Gasteiger partial charge in [0.15, 0.2) is 0 Å². The molecule has 3 aromatic rings.